The Kier molecular flexibility index (Phi) is 3.33. The number of hydrogen-bond donors (Lipinski definition) is 1. The fourth-order valence-electron chi connectivity index (χ4n) is 4.00. The molecule has 0 bridgehead atoms. The maximum atomic E-state index is 6.69. The van der Waals surface area contributed by atoms with Gasteiger partial charge in [0.1, 0.15) is 0 Å². The van der Waals surface area contributed by atoms with Crippen LogP contribution in [0, 0.1) is 18.3 Å². The largest absolute Gasteiger partial charge is 0.324 e. The quantitative estimate of drug-likeness (QED) is 0.816. The van der Waals surface area contributed by atoms with E-state index in [1.54, 1.807) is 0 Å². The Morgan fingerprint density at radius 2 is 1.80 bits per heavy atom. The Bertz CT molecular complexity index is 627. The van der Waals surface area contributed by atoms with Crippen molar-refractivity contribution in [3.05, 3.63) is 47.5 Å². The Hall–Kier alpha value is -1.34. The van der Waals surface area contributed by atoms with Gasteiger partial charge in [0.05, 0.1) is 0 Å². The van der Waals surface area contributed by atoms with Gasteiger partial charge in [-0.25, -0.2) is 0 Å². The van der Waals surface area contributed by atoms with Gasteiger partial charge in [-0.3, -0.25) is 0 Å². The lowest BCUT2D eigenvalue weighted by atomic mass is 9.75. The minimum atomic E-state index is 0.151. The minimum absolute atomic E-state index is 0.151. The molecule has 1 saturated carbocycles. The van der Waals surface area contributed by atoms with E-state index in [9.17, 15) is 0 Å². The van der Waals surface area contributed by atoms with Gasteiger partial charge in [0.2, 0.25) is 0 Å². The van der Waals surface area contributed by atoms with E-state index in [-0.39, 0.29) is 6.04 Å². The second kappa shape index (κ2) is 4.89. The molecule has 0 aliphatic heterocycles. The van der Waals surface area contributed by atoms with Crippen LogP contribution in [0.5, 0.6) is 0 Å². The van der Waals surface area contributed by atoms with Crippen molar-refractivity contribution in [2.24, 2.45) is 17.1 Å². The summed E-state index contributed by atoms with van der Waals surface area (Å²) in [5.41, 5.74) is 9.72. The first-order valence-electron chi connectivity index (χ1n) is 7.74. The summed E-state index contributed by atoms with van der Waals surface area (Å²) in [6, 6.07) is 13.3. The van der Waals surface area contributed by atoms with Gasteiger partial charge in [-0.15, -0.1) is 0 Å². The molecule has 106 valence electrons. The molecule has 2 atom stereocenters. The van der Waals surface area contributed by atoms with Crippen molar-refractivity contribution in [3.63, 3.8) is 0 Å². The van der Waals surface area contributed by atoms with Crippen LogP contribution in [0.15, 0.2) is 36.4 Å². The second-order valence-corrected chi connectivity index (χ2v) is 7.03. The van der Waals surface area contributed by atoms with Gasteiger partial charge < -0.3 is 5.73 Å². The summed E-state index contributed by atoms with van der Waals surface area (Å²) in [7, 11) is 0. The first-order valence-corrected chi connectivity index (χ1v) is 7.74. The molecule has 1 aliphatic carbocycles. The summed E-state index contributed by atoms with van der Waals surface area (Å²) < 4.78 is 0. The van der Waals surface area contributed by atoms with E-state index in [1.807, 2.05) is 0 Å². The zero-order valence-electron chi connectivity index (χ0n) is 12.8. The molecule has 0 spiro atoms. The number of fused-ring (bicyclic) bond motifs is 1. The van der Waals surface area contributed by atoms with Gasteiger partial charge in [0, 0.05) is 6.04 Å². The molecular formula is C19H25N. The molecule has 2 aromatic carbocycles. The number of aryl methyl sites for hydroxylation is 1. The first-order chi connectivity index (χ1) is 9.50. The molecule has 0 aromatic heterocycles. The average Bonchev–Trinajstić information content (AvgIpc) is 2.78. The van der Waals surface area contributed by atoms with Crippen molar-refractivity contribution >= 4 is 10.8 Å². The van der Waals surface area contributed by atoms with Crippen molar-refractivity contribution in [1.29, 1.82) is 0 Å². The summed E-state index contributed by atoms with van der Waals surface area (Å²) in [6.45, 7) is 6.93. The average molecular weight is 267 g/mol. The Morgan fingerprint density at radius 1 is 1.10 bits per heavy atom. The van der Waals surface area contributed by atoms with E-state index in [0.717, 1.165) is 0 Å². The predicted molar refractivity (Wildman–Crippen MR) is 86.7 cm³/mol. The molecule has 2 unspecified atom stereocenters. The van der Waals surface area contributed by atoms with Crippen LogP contribution in [0.2, 0.25) is 0 Å². The number of hydrogen-bond acceptors (Lipinski definition) is 1. The zero-order valence-corrected chi connectivity index (χ0v) is 12.8. The van der Waals surface area contributed by atoms with E-state index in [4.69, 9.17) is 5.73 Å². The molecule has 0 saturated heterocycles. The van der Waals surface area contributed by atoms with Crippen LogP contribution in [-0.4, -0.2) is 0 Å². The Balaban J connectivity index is 2.08. The van der Waals surface area contributed by atoms with Crippen LogP contribution in [0.3, 0.4) is 0 Å². The third kappa shape index (κ3) is 2.14. The summed E-state index contributed by atoms with van der Waals surface area (Å²) in [5.74, 6) is 0.591. The monoisotopic (exact) mass is 267 g/mol. The van der Waals surface area contributed by atoms with Gasteiger partial charge in [0.15, 0.2) is 0 Å². The fraction of sp³-hybridized carbons (Fsp3) is 0.474. The topological polar surface area (TPSA) is 26.0 Å². The predicted octanol–water partition coefficient (Wildman–Crippen LogP) is 4.97. The van der Waals surface area contributed by atoms with Crippen LogP contribution < -0.4 is 5.73 Å². The standard InChI is InChI=1S/C19H25N/c1-13-10-11-16(15-8-5-4-7-14(13)15)18(20)17-9-6-12-19(17,2)3/h4-5,7-8,10-11,17-18H,6,9,12,20H2,1-3H3. The smallest absolute Gasteiger partial charge is 0.0334 e. The number of benzene rings is 2. The summed E-state index contributed by atoms with van der Waals surface area (Å²) >= 11 is 0. The number of nitrogens with two attached hydrogens (primary N) is 1. The second-order valence-electron chi connectivity index (χ2n) is 7.03. The third-order valence-electron chi connectivity index (χ3n) is 5.31. The van der Waals surface area contributed by atoms with Gasteiger partial charge in [-0.1, -0.05) is 56.7 Å². The fourth-order valence-corrected chi connectivity index (χ4v) is 4.00. The van der Waals surface area contributed by atoms with E-state index < -0.39 is 0 Å². The minimum Gasteiger partial charge on any atom is -0.324 e. The molecule has 1 heteroatoms. The van der Waals surface area contributed by atoms with Crippen LogP contribution in [0.25, 0.3) is 10.8 Å². The third-order valence-corrected chi connectivity index (χ3v) is 5.31. The van der Waals surface area contributed by atoms with Crippen LogP contribution >= 0.6 is 0 Å². The summed E-state index contributed by atoms with van der Waals surface area (Å²) in [5, 5.41) is 2.68. The highest BCUT2D eigenvalue weighted by Crippen LogP contribution is 2.48. The molecule has 0 amide bonds. The van der Waals surface area contributed by atoms with E-state index >= 15 is 0 Å². The highest BCUT2D eigenvalue weighted by molar-refractivity contribution is 5.88. The molecule has 0 heterocycles. The molecule has 2 N–H and O–H groups in total. The molecule has 1 fully saturated rings. The van der Waals surface area contributed by atoms with E-state index in [0.29, 0.717) is 11.3 Å². The molecule has 20 heavy (non-hydrogen) atoms. The van der Waals surface area contributed by atoms with Crippen molar-refractivity contribution in [2.75, 3.05) is 0 Å². The van der Waals surface area contributed by atoms with Gasteiger partial charge in [-0.2, -0.15) is 0 Å². The van der Waals surface area contributed by atoms with Crippen molar-refractivity contribution in [2.45, 2.75) is 46.1 Å². The first kappa shape index (κ1) is 13.6. The maximum Gasteiger partial charge on any atom is 0.0334 e. The molecule has 0 radical (unpaired) electrons. The van der Waals surface area contributed by atoms with Gasteiger partial charge in [-0.05, 0) is 53.0 Å². The van der Waals surface area contributed by atoms with Crippen molar-refractivity contribution in [1.82, 2.24) is 0 Å². The van der Waals surface area contributed by atoms with Gasteiger partial charge in [0.25, 0.3) is 0 Å². The summed E-state index contributed by atoms with van der Waals surface area (Å²) in [6.07, 6.45) is 3.88. The van der Waals surface area contributed by atoms with Gasteiger partial charge >= 0.3 is 0 Å². The lowest BCUT2D eigenvalue weighted by molar-refractivity contribution is 0.223. The Labute approximate surface area is 122 Å². The van der Waals surface area contributed by atoms with Crippen molar-refractivity contribution in [3.8, 4) is 0 Å². The highest BCUT2D eigenvalue weighted by atomic mass is 14.7. The van der Waals surface area contributed by atoms with Crippen LogP contribution in [0.1, 0.15) is 50.3 Å². The SMILES string of the molecule is Cc1ccc(C(N)C2CCCC2(C)C)c2ccccc12. The molecule has 3 rings (SSSR count). The summed E-state index contributed by atoms with van der Waals surface area (Å²) in [4.78, 5) is 0. The molecule has 2 aromatic rings. The lowest BCUT2D eigenvalue weighted by Gasteiger charge is -2.33. The molecule has 1 aliphatic rings. The molecular weight excluding hydrogens is 242 g/mol. The van der Waals surface area contributed by atoms with Crippen LogP contribution in [-0.2, 0) is 0 Å². The van der Waals surface area contributed by atoms with E-state index in [2.05, 4.69) is 57.2 Å². The van der Waals surface area contributed by atoms with Crippen molar-refractivity contribution < 1.29 is 0 Å². The zero-order chi connectivity index (χ0) is 14.3. The normalized spacial score (nSPS) is 23.1. The molecule has 1 nitrogen and oxygen atoms in total. The lowest BCUT2D eigenvalue weighted by Crippen LogP contribution is -2.29. The van der Waals surface area contributed by atoms with Crippen LogP contribution in [0.4, 0.5) is 0 Å². The highest BCUT2D eigenvalue weighted by Gasteiger charge is 2.38. The Morgan fingerprint density at radius 3 is 2.45 bits per heavy atom. The maximum absolute atomic E-state index is 6.69. The number of rotatable bonds is 2. The van der Waals surface area contributed by atoms with E-state index in [1.165, 1.54) is 41.2 Å².